The summed E-state index contributed by atoms with van der Waals surface area (Å²) in [5.74, 6) is -0.556. The van der Waals surface area contributed by atoms with Gasteiger partial charge in [-0.05, 0) is 30.5 Å². The average molecular weight is 383 g/mol. The standard InChI is InChI=1S/C21H25N3O4/c1-3-6-16-9-17(23(2)22-16)19(25)24-11-15-12-28-18-8-5-4-7-14(18)10-21(15,13-24)20(26)27/h4-5,7-9,15H,3,6,10-13H2,1-2H3,(H,26,27)/t15-,21+/m0/s1. The number of rotatable bonds is 4. The largest absolute Gasteiger partial charge is 0.493 e. The maximum Gasteiger partial charge on any atom is 0.312 e. The number of likely N-dealkylation sites (tertiary alicyclic amines) is 1. The first-order valence-electron chi connectivity index (χ1n) is 9.71. The summed E-state index contributed by atoms with van der Waals surface area (Å²) in [6.07, 6.45) is 2.13. The third kappa shape index (κ3) is 2.95. The topological polar surface area (TPSA) is 84.7 Å². The first-order valence-corrected chi connectivity index (χ1v) is 9.71. The Bertz CT molecular complexity index is 922. The van der Waals surface area contributed by atoms with E-state index in [1.54, 1.807) is 16.6 Å². The number of aryl methyl sites for hydroxylation is 2. The number of amides is 1. The lowest BCUT2D eigenvalue weighted by molar-refractivity contribution is -0.150. The van der Waals surface area contributed by atoms with Crippen LogP contribution in [0.5, 0.6) is 5.75 Å². The zero-order chi connectivity index (χ0) is 19.9. The number of carbonyl (C=O) groups excluding carboxylic acids is 1. The minimum atomic E-state index is -1.03. The van der Waals surface area contributed by atoms with Gasteiger partial charge in [-0.2, -0.15) is 5.10 Å². The molecule has 28 heavy (non-hydrogen) atoms. The highest BCUT2D eigenvalue weighted by atomic mass is 16.5. The van der Waals surface area contributed by atoms with E-state index in [4.69, 9.17) is 4.74 Å². The van der Waals surface area contributed by atoms with Crippen LogP contribution in [-0.2, 0) is 24.7 Å². The second-order valence-electron chi connectivity index (χ2n) is 7.83. The Balaban J connectivity index is 1.63. The summed E-state index contributed by atoms with van der Waals surface area (Å²) in [7, 11) is 1.76. The molecule has 1 aromatic carbocycles. The van der Waals surface area contributed by atoms with Gasteiger partial charge >= 0.3 is 5.97 Å². The fourth-order valence-electron chi connectivity index (χ4n) is 4.45. The van der Waals surface area contributed by atoms with Crippen LogP contribution in [0, 0.1) is 11.3 Å². The summed E-state index contributed by atoms with van der Waals surface area (Å²) in [6, 6.07) is 9.38. The normalized spacial score (nSPS) is 23.5. The Morgan fingerprint density at radius 2 is 2.14 bits per heavy atom. The molecule has 0 aliphatic carbocycles. The molecule has 1 amide bonds. The van der Waals surface area contributed by atoms with E-state index in [2.05, 4.69) is 12.0 Å². The van der Waals surface area contributed by atoms with Gasteiger partial charge in [0.2, 0.25) is 0 Å². The molecule has 1 aromatic heterocycles. The summed E-state index contributed by atoms with van der Waals surface area (Å²) in [5.41, 5.74) is 1.23. The molecular formula is C21H25N3O4. The number of fused-ring (bicyclic) bond motifs is 2. The number of hydrogen-bond acceptors (Lipinski definition) is 4. The molecule has 1 N–H and O–H groups in total. The Morgan fingerprint density at radius 1 is 1.36 bits per heavy atom. The van der Waals surface area contributed by atoms with E-state index < -0.39 is 11.4 Å². The van der Waals surface area contributed by atoms with Crippen molar-refractivity contribution in [3.8, 4) is 5.75 Å². The van der Waals surface area contributed by atoms with Crippen molar-refractivity contribution in [1.29, 1.82) is 0 Å². The average Bonchev–Trinajstić information content (AvgIpc) is 3.17. The quantitative estimate of drug-likeness (QED) is 0.875. The van der Waals surface area contributed by atoms with E-state index in [0.29, 0.717) is 25.3 Å². The van der Waals surface area contributed by atoms with Gasteiger partial charge in [0.15, 0.2) is 0 Å². The van der Waals surface area contributed by atoms with Crippen LogP contribution in [0.4, 0.5) is 0 Å². The number of aliphatic carboxylic acids is 1. The molecule has 4 rings (SSSR count). The zero-order valence-electron chi connectivity index (χ0n) is 16.2. The maximum atomic E-state index is 13.2. The molecule has 1 saturated heterocycles. The van der Waals surface area contributed by atoms with E-state index in [1.165, 1.54) is 0 Å². The van der Waals surface area contributed by atoms with Crippen LogP contribution in [0.1, 0.15) is 35.1 Å². The molecule has 0 bridgehead atoms. The smallest absolute Gasteiger partial charge is 0.312 e. The van der Waals surface area contributed by atoms with E-state index >= 15 is 0 Å². The highest BCUT2D eigenvalue weighted by molar-refractivity contribution is 5.94. The summed E-state index contributed by atoms with van der Waals surface area (Å²) in [5, 5.41) is 14.5. The number of nitrogens with zero attached hydrogens (tertiary/aromatic N) is 3. The van der Waals surface area contributed by atoms with Crippen molar-refractivity contribution in [3.63, 3.8) is 0 Å². The Labute approximate surface area is 163 Å². The van der Waals surface area contributed by atoms with Crippen molar-refractivity contribution in [1.82, 2.24) is 14.7 Å². The van der Waals surface area contributed by atoms with Crippen LogP contribution in [-0.4, -0.2) is 51.4 Å². The molecule has 0 radical (unpaired) electrons. The number of ether oxygens (including phenoxy) is 1. The Kier molecular flexibility index (Phi) is 4.61. The molecule has 2 atom stereocenters. The van der Waals surface area contributed by atoms with Crippen LogP contribution < -0.4 is 4.74 Å². The molecular weight excluding hydrogens is 358 g/mol. The molecule has 2 aromatic rings. The summed E-state index contributed by atoms with van der Waals surface area (Å²) in [4.78, 5) is 27.2. The molecule has 1 fully saturated rings. The fourth-order valence-corrected chi connectivity index (χ4v) is 4.45. The third-order valence-electron chi connectivity index (χ3n) is 5.98. The predicted octanol–water partition coefficient (Wildman–Crippen LogP) is 2.15. The lowest BCUT2D eigenvalue weighted by atomic mass is 9.74. The van der Waals surface area contributed by atoms with E-state index in [0.717, 1.165) is 29.8 Å². The molecule has 2 aliphatic rings. The first kappa shape index (κ1) is 18.5. The molecule has 148 valence electrons. The lowest BCUT2D eigenvalue weighted by Crippen LogP contribution is -2.42. The Hall–Kier alpha value is -2.83. The molecule has 2 aliphatic heterocycles. The van der Waals surface area contributed by atoms with Crippen molar-refractivity contribution in [2.75, 3.05) is 19.7 Å². The van der Waals surface area contributed by atoms with Gasteiger partial charge in [0.25, 0.3) is 5.91 Å². The van der Waals surface area contributed by atoms with Gasteiger partial charge in [-0.3, -0.25) is 14.3 Å². The van der Waals surface area contributed by atoms with E-state index in [-0.39, 0.29) is 18.4 Å². The third-order valence-corrected chi connectivity index (χ3v) is 5.98. The minimum absolute atomic E-state index is 0.167. The monoisotopic (exact) mass is 383 g/mol. The SMILES string of the molecule is CCCc1cc(C(=O)N2C[C@H]3COc4ccccc4C[C@@]3(C(=O)O)C2)n(C)n1. The molecule has 0 unspecified atom stereocenters. The second kappa shape index (κ2) is 6.96. The van der Waals surface area contributed by atoms with Crippen LogP contribution in [0.15, 0.2) is 30.3 Å². The van der Waals surface area contributed by atoms with Crippen LogP contribution in [0.2, 0.25) is 0 Å². The van der Waals surface area contributed by atoms with Gasteiger partial charge in [-0.1, -0.05) is 31.5 Å². The van der Waals surface area contributed by atoms with Crippen LogP contribution >= 0.6 is 0 Å². The molecule has 0 spiro atoms. The number of para-hydroxylation sites is 1. The number of hydrogen-bond donors (Lipinski definition) is 1. The van der Waals surface area contributed by atoms with Crippen molar-refractivity contribution in [2.45, 2.75) is 26.2 Å². The van der Waals surface area contributed by atoms with Gasteiger partial charge in [0.1, 0.15) is 11.4 Å². The summed E-state index contributed by atoms with van der Waals surface area (Å²) < 4.78 is 7.51. The van der Waals surface area contributed by atoms with Crippen molar-refractivity contribution in [2.24, 2.45) is 18.4 Å². The molecule has 0 saturated carbocycles. The van der Waals surface area contributed by atoms with Crippen molar-refractivity contribution in [3.05, 3.63) is 47.3 Å². The Morgan fingerprint density at radius 3 is 2.89 bits per heavy atom. The first-order chi connectivity index (χ1) is 13.4. The zero-order valence-corrected chi connectivity index (χ0v) is 16.2. The summed E-state index contributed by atoms with van der Waals surface area (Å²) >= 11 is 0. The highest BCUT2D eigenvalue weighted by Gasteiger charge is 2.55. The lowest BCUT2D eigenvalue weighted by Gasteiger charge is -2.27. The highest BCUT2D eigenvalue weighted by Crippen LogP contribution is 2.44. The van der Waals surface area contributed by atoms with E-state index in [9.17, 15) is 14.7 Å². The van der Waals surface area contributed by atoms with E-state index in [1.807, 2.05) is 30.3 Å². The second-order valence-corrected chi connectivity index (χ2v) is 7.83. The van der Waals surface area contributed by atoms with Gasteiger partial charge < -0.3 is 14.7 Å². The maximum absolute atomic E-state index is 13.2. The number of aromatic nitrogens is 2. The number of carboxylic acid groups (broad SMARTS) is 1. The van der Waals surface area contributed by atoms with Crippen LogP contribution in [0.25, 0.3) is 0 Å². The number of carbonyl (C=O) groups is 2. The number of carboxylic acids is 1. The van der Waals surface area contributed by atoms with Crippen LogP contribution in [0.3, 0.4) is 0 Å². The summed E-state index contributed by atoms with van der Waals surface area (Å²) in [6.45, 7) is 2.91. The molecule has 3 heterocycles. The van der Waals surface area contributed by atoms with Gasteiger partial charge in [-0.15, -0.1) is 0 Å². The number of benzene rings is 1. The molecule has 7 heteroatoms. The van der Waals surface area contributed by atoms with Crippen molar-refractivity contribution >= 4 is 11.9 Å². The molecule has 7 nitrogen and oxygen atoms in total. The fraction of sp³-hybridized carbons (Fsp3) is 0.476. The van der Waals surface area contributed by atoms with Gasteiger partial charge in [0, 0.05) is 26.1 Å². The van der Waals surface area contributed by atoms with Gasteiger partial charge in [-0.25, -0.2) is 0 Å². The minimum Gasteiger partial charge on any atom is -0.493 e. The van der Waals surface area contributed by atoms with Gasteiger partial charge in [0.05, 0.1) is 17.7 Å². The predicted molar refractivity (Wildman–Crippen MR) is 102 cm³/mol. The van der Waals surface area contributed by atoms with Crippen molar-refractivity contribution < 1.29 is 19.4 Å².